The monoisotopic (exact) mass is 384 g/mol. The molecule has 0 bridgehead atoms. The van der Waals surface area contributed by atoms with Crippen LogP contribution in [0.3, 0.4) is 0 Å². The minimum atomic E-state index is -0.389. The second-order valence-corrected chi connectivity index (χ2v) is 10.3. The van der Waals surface area contributed by atoms with Crippen molar-refractivity contribution < 1.29 is 9.47 Å². The molecule has 0 spiro atoms. The van der Waals surface area contributed by atoms with Gasteiger partial charge in [0, 0.05) is 0 Å². The van der Waals surface area contributed by atoms with Gasteiger partial charge in [-0.1, -0.05) is 19.3 Å². The van der Waals surface area contributed by atoms with E-state index in [0.717, 1.165) is 17.2 Å². The molecule has 0 N–H and O–H groups in total. The van der Waals surface area contributed by atoms with Crippen LogP contribution in [0.25, 0.3) is 0 Å². The number of benzene rings is 2. The van der Waals surface area contributed by atoms with Crippen molar-refractivity contribution in [2.45, 2.75) is 65.5 Å². The molecule has 0 unspecified atom stereocenters. The van der Waals surface area contributed by atoms with Crippen molar-refractivity contribution in [2.24, 2.45) is 0 Å². The first kappa shape index (κ1) is 20.2. The van der Waals surface area contributed by atoms with Crippen LogP contribution >= 0.6 is 7.92 Å². The van der Waals surface area contributed by atoms with Crippen LogP contribution < -0.4 is 20.1 Å². The fraction of sp³-hybridized carbons (Fsp3) is 0.500. The minimum absolute atomic E-state index is 0.389. The van der Waals surface area contributed by atoms with Crippen LogP contribution in [0.15, 0.2) is 24.3 Å². The minimum Gasteiger partial charge on any atom is -0.496 e. The molecule has 0 aliphatic heterocycles. The van der Waals surface area contributed by atoms with Gasteiger partial charge in [-0.15, -0.1) is 0 Å². The first-order valence-corrected chi connectivity index (χ1v) is 11.5. The first-order valence-electron chi connectivity index (χ1n) is 10.1. The fourth-order valence-electron chi connectivity index (χ4n) is 4.37. The van der Waals surface area contributed by atoms with Gasteiger partial charge in [-0.25, -0.2) is 0 Å². The summed E-state index contributed by atoms with van der Waals surface area (Å²) in [5.74, 6) is 2.00. The van der Waals surface area contributed by atoms with E-state index in [1.54, 1.807) is 14.2 Å². The molecule has 2 aromatic carbocycles. The van der Waals surface area contributed by atoms with Gasteiger partial charge in [0.05, 0.1) is 14.2 Å². The van der Waals surface area contributed by atoms with E-state index >= 15 is 0 Å². The molecule has 3 heteroatoms. The van der Waals surface area contributed by atoms with E-state index in [0.29, 0.717) is 0 Å². The Kier molecular flexibility index (Phi) is 6.48. The highest BCUT2D eigenvalue weighted by atomic mass is 31.1. The molecule has 0 amide bonds. The second kappa shape index (κ2) is 8.65. The van der Waals surface area contributed by atoms with Crippen molar-refractivity contribution in [1.29, 1.82) is 0 Å². The Morgan fingerprint density at radius 2 is 1.11 bits per heavy atom. The molecule has 3 rings (SSSR count). The molecule has 27 heavy (non-hydrogen) atoms. The number of hydrogen-bond donors (Lipinski definition) is 0. The molecule has 146 valence electrons. The van der Waals surface area contributed by atoms with Gasteiger partial charge >= 0.3 is 0 Å². The fourth-order valence-corrected chi connectivity index (χ4v) is 7.85. The third kappa shape index (κ3) is 4.16. The van der Waals surface area contributed by atoms with Gasteiger partial charge in [0.25, 0.3) is 0 Å². The summed E-state index contributed by atoms with van der Waals surface area (Å²) in [6.45, 7) is 8.84. The second-order valence-electron chi connectivity index (χ2n) is 7.88. The summed E-state index contributed by atoms with van der Waals surface area (Å²) in [4.78, 5) is 0. The summed E-state index contributed by atoms with van der Waals surface area (Å²) in [6.07, 6.45) is 6.82. The Bertz CT molecular complexity index is 747. The molecule has 1 saturated carbocycles. The maximum atomic E-state index is 5.58. The van der Waals surface area contributed by atoms with Crippen LogP contribution in [0, 0.1) is 27.7 Å². The molecule has 0 atom stereocenters. The van der Waals surface area contributed by atoms with Crippen molar-refractivity contribution in [2.75, 3.05) is 14.2 Å². The van der Waals surface area contributed by atoms with Crippen molar-refractivity contribution in [3.63, 3.8) is 0 Å². The SMILES string of the molecule is COc1cc(C)c(P(c2cc(C)c(OC)cc2C)C2CCCCC2)cc1C. The van der Waals surface area contributed by atoms with Gasteiger partial charge in [0.1, 0.15) is 11.5 Å². The number of aryl methyl sites for hydroxylation is 4. The molecule has 2 aromatic rings. The van der Waals surface area contributed by atoms with Crippen molar-refractivity contribution in [1.82, 2.24) is 0 Å². The van der Waals surface area contributed by atoms with E-state index < -0.39 is 0 Å². The summed E-state index contributed by atoms with van der Waals surface area (Å²) in [7, 11) is 3.14. The highest BCUT2D eigenvalue weighted by Gasteiger charge is 2.29. The Hall–Kier alpha value is -1.53. The zero-order chi connectivity index (χ0) is 19.6. The highest BCUT2D eigenvalue weighted by Crippen LogP contribution is 2.48. The largest absolute Gasteiger partial charge is 0.496 e. The van der Waals surface area contributed by atoms with Gasteiger partial charge in [-0.05, 0) is 111 Å². The number of rotatable bonds is 5. The Morgan fingerprint density at radius 1 is 0.667 bits per heavy atom. The van der Waals surface area contributed by atoms with E-state index in [1.165, 1.54) is 65.0 Å². The predicted octanol–water partition coefficient (Wildman–Crippen LogP) is 5.70. The molecule has 0 radical (unpaired) electrons. The van der Waals surface area contributed by atoms with Crippen LogP contribution in [0.5, 0.6) is 11.5 Å². The molecule has 2 nitrogen and oxygen atoms in total. The van der Waals surface area contributed by atoms with Crippen molar-refractivity contribution in [3.8, 4) is 11.5 Å². The summed E-state index contributed by atoms with van der Waals surface area (Å²) in [5, 5.41) is 3.06. The van der Waals surface area contributed by atoms with Gasteiger partial charge < -0.3 is 9.47 Å². The molecular weight excluding hydrogens is 351 g/mol. The van der Waals surface area contributed by atoms with E-state index in [2.05, 4.69) is 52.0 Å². The normalized spacial score (nSPS) is 15.2. The predicted molar refractivity (Wildman–Crippen MR) is 118 cm³/mol. The van der Waals surface area contributed by atoms with E-state index in [4.69, 9.17) is 9.47 Å². The van der Waals surface area contributed by atoms with E-state index in [-0.39, 0.29) is 7.92 Å². The first-order chi connectivity index (χ1) is 13.0. The van der Waals surface area contributed by atoms with Crippen molar-refractivity contribution >= 4 is 18.5 Å². The molecule has 1 fully saturated rings. The molecule has 1 aliphatic carbocycles. The average Bonchev–Trinajstić information content (AvgIpc) is 2.67. The summed E-state index contributed by atoms with van der Waals surface area (Å²) in [6, 6.07) is 9.25. The maximum Gasteiger partial charge on any atom is 0.122 e. The zero-order valence-corrected chi connectivity index (χ0v) is 18.6. The average molecular weight is 385 g/mol. The molecule has 0 heterocycles. The van der Waals surface area contributed by atoms with Gasteiger partial charge in [0.2, 0.25) is 0 Å². The smallest absolute Gasteiger partial charge is 0.122 e. The third-order valence-electron chi connectivity index (χ3n) is 5.89. The Labute approximate surface area is 166 Å². The van der Waals surface area contributed by atoms with E-state index in [9.17, 15) is 0 Å². The Morgan fingerprint density at radius 3 is 1.52 bits per heavy atom. The van der Waals surface area contributed by atoms with Crippen LogP contribution in [0.2, 0.25) is 0 Å². The topological polar surface area (TPSA) is 18.5 Å². The number of methoxy groups -OCH3 is 2. The van der Waals surface area contributed by atoms with Gasteiger partial charge in [-0.2, -0.15) is 0 Å². The van der Waals surface area contributed by atoms with Crippen LogP contribution in [-0.4, -0.2) is 19.9 Å². The van der Waals surface area contributed by atoms with Crippen LogP contribution in [0.1, 0.15) is 54.4 Å². The highest BCUT2D eigenvalue weighted by molar-refractivity contribution is 7.73. The lowest BCUT2D eigenvalue weighted by molar-refractivity contribution is 0.411. The van der Waals surface area contributed by atoms with Gasteiger partial charge in [0.15, 0.2) is 0 Å². The summed E-state index contributed by atoms with van der Waals surface area (Å²) >= 11 is 0. The summed E-state index contributed by atoms with van der Waals surface area (Å²) < 4.78 is 11.2. The molecule has 0 aromatic heterocycles. The third-order valence-corrected chi connectivity index (χ3v) is 9.13. The lowest BCUT2D eigenvalue weighted by Gasteiger charge is -2.34. The van der Waals surface area contributed by atoms with Crippen LogP contribution in [-0.2, 0) is 0 Å². The quantitative estimate of drug-likeness (QED) is 0.616. The van der Waals surface area contributed by atoms with Crippen LogP contribution in [0.4, 0.5) is 0 Å². The van der Waals surface area contributed by atoms with Crippen molar-refractivity contribution in [3.05, 3.63) is 46.5 Å². The zero-order valence-electron chi connectivity index (χ0n) is 17.7. The maximum absolute atomic E-state index is 5.58. The molecular formula is C24H33O2P. The van der Waals surface area contributed by atoms with Gasteiger partial charge in [-0.3, -0.25) is 0 Å². The Balaban J connectivity index is 2.16. The standard InChI is InChI=1S/C24H33O2P/c1-16-14-23(18(3)12-21(16)25-5)27(20-10-8-7-9-11-20)24-15-17(2)22(26-6)13-19(24)4/h12-15,20H,7-11H2,1-6H3. The molecule has 0 saturated heterocycles. The number of ether oxygens (including phenoxy) is 2. The molecule has 1 aliphatic rings. The van der Waals surface area contributed by atoms with E-state index in [1.807, 2.05) is 0 Å². The summed E-state index contributed by atoms with van der Waals surface area (Å²) in [5.41, 5.74) is 5.98. The number of hydrogen-bond acceptors (Lipinski definition) is 2. The lowest BCUT2D eigenvalue weighted by atomic mass is 10.0. The lowest BCUT2D eigenvalue weighted by Crippen LogP contribution is -2.27.